The molecule has 1 aromatic carbocycles. The van der Waals surface area contributed by atoms with Crippen molar-refractivity contribution in [3.05, 3.63) is 29.8 Å². The predicted octanol–water partition coefficient (Wildman–Crippen LogP) is 3.51. The third-order valence-electron chi connectivity index (χ3n) is 7.47. The molecule has 2 amide bonds. The third-order valence-corrected chi connectivity index (χ3v) is 7.47. The topological polar surface area (TPSA) is 73.6 Å². The first-order valence-corrected chi connectivity index (χ1v) is 11.1. The van der Waals surface area contributed by atoms with Gasteiger partial charge in [0.25, 0.3) is 0 Å². The largest absolute Gasteiger partial charge is 0.497 e. The number of benzene rings is 1. The number of rotatable bonds is 4. The summed E-state index contributed by atoms with van der Waals surface area (Å²) >= 11 is 0. The number of methoxy groups -OCH3 is 1. The Morgan fingerprint density at radius 1 is 1.10 bits per heavy atom. The molecule has 0 radical (unpaired) electrons. The first kappa shape index (κ1) is 20.7. The van der Waals surface area contributed by atoms with Gasteiger partial charge in [-0.25, -0.2) is 0 Å². The summed E-state index contributed by atoms with van der Waals surface area (Å²) in [5.74, 6) is 1.07. The van der Waals surface area contributed by atoms with Crippen molar-refractivity contribution in [2.24, 2.45) is 10.8 Å². The van der Waals surface area contributed by atoms with E-state index in [4.69, 9.17) is 4.74 Å². The molecule has 3 fully saturated rings. The highest BCUT2D eigenvalue weighted by atomic mass is 16.5. The van der Waals surface area contributed by atoms with E-state index in [1.54, 1.807) is 7.11 Å². The summed E-state index contributed by atoms with van der Waals surface area (Å²) in [7, 11) is 1.65. The monoisotopic (exact) mass is 409 g/mol. The number of hydrogen-bond acceptors (Lipinski definition) is 4. The van der Waals surface area contributed by atoms with Crippen LogP contribution in [0.3, 0.4) is 0 Å². The molecule has 160 valence electrons. The van der Waals surface area contributed by atoms with E-state index in [0.29, 0.717) is 38.9 Å². The van der Waals surface area contributed by atoms with Gasteiger partial charge in [0.2, 0.25) is 11.8 Å². The summed E-state index contributed by atoms with van der Waals surface area (Å²) in [6.07, 6.45) is 6.64. The number of carbonyl (C=O) groups is 2. The van der Waals surface area contributed by atoms with Crippen LogP contribution in [0.4, 0.5) is 0 Å². The molecule has 0 bridgehead atoms. The van der Waals surface area contributed by atoms with Gasteiger partial charge in [0.15, 0.2) is 0 Å². The summed E-state index contributed by atoms with van der Waals surface area (Å²) < 4.78 is 5.22. The zero-order valence-corrected chi connectivity index (χ0v) is 17.9. The summed E-state index contributed by atoms with van der Waals surface area (Å²) in [6.45, 7) is 2.77. The Morgan fingerprint density at radius 2 is 1.77 bits per heavy atom. The van der Waals surface area contributed by atoms with Crippen molar-refractivity contribution in [2.45, 2.75) is 57.9 Å². The van der Waals surface area contributed by atoms with Crippen LogP contribution in [0.15, 0.2) is 24.3 Å². The fourth-order valence-electron chi connectivity index (χ4n) is 5.44. The number of ether oxygens (including phenoxy) is 1. The number of amides is 2. The van der Waals surface area contributed by atoms with Crippen molar-refractivity contribution < 1.29 is 14.3 Å². The fourth-order valence-corrected chi connectivity index (χ4v) is 5.44. The molecule has 0 unspecified atom stereocenters. The molecule has 2 aliphatic heterocycles. The zero-order chi connectivity index (χ0) is 21.2. The summed E-state index contributed by atoms with van der Waals surface area (Å²) in [5.41, 5.74) is 0.408. The van der Waals surface area contributed by atoms with Crippen LogP contribution >= 0.6 is 0 Å². The molecule has 1 saturated carbocycles. The molecule has 6 nitrogen and oxygen atoms in total. The first-order valence-electron chi connectivity index (χ1n) is 11.1. The van der Waals surface area contributed by atoms with E-state index in [2.05, 4.69) is 6.07 Å². The van der Waals surface area contributed by atoms with Gasteiger partial charge in [-0.05, 0) is 55.2 Å². The molecule has 2 saturated heterocycles. The van der Waals surface area contributed by atoms with E-state index in [0.717, 1.165) is 50.0 Å². The summed E-state index contributed by atoms with van der Waals surface area (Å²) in [6, 6.07) is 10.2. The predicted molar refractivity (Wildman–Crippen MR) is 112 cm³/mol. The third kappa shape index (κ3) is 3.90. The molecule has 0 aromatic heterocycles. The van der Waals surface area contributed by atoms with E-state index < -0.39 is 5.41 Å². The van der Waals surface area contributed by atoms with Crippen molar-refractivity contribution in [3.8, 4) is 11.8 Å². The van der Waals surface area contributed by atoms with E-state index in [9.17, 15) is 14.9 Å². The molecule has 30 heavy (non-hydrogen) atoms. The average molecular weight is 410 g/mol. The van der Waals surface area contributed by atoms with Gasteiger partial charge in [0.1, 0.15) is 11.2 Å². The highest BCUT2D eigenvalue weighted by Gasteiger charge is 2.47. The second kappa shape index (κ2) is 8.29. The molecule has 0 atom stereocenters. The van der Waals surface area contributed by atoms with Gasteiger partial charge in [-0.1, -0.05) is 25.0 Å². The number of carbonyl (C=O) groups excluding carboxylic acids is 2. The molecule has 2 heterocycles. The highest BCUT2D eigenvalue weighted by molar-refractivity contribution is 5.86. The summed E-state index contributed by atoms with van der Waals surface area (Å²) in [4.78, 5) is 29.5. The average Bonchev–Trinajstić information content (AvgIpc) is 3.27. The molecule has 0 N–H and O–H groups in total. The van der Waals surface area contributed by atoms with Crippen LogP contribution in [-0.2, 0) is 16.1 Å². The smallest absolute Gasteiger partial charge is 0.243 e. The highest BCUT2D eigenvalue weighted by Crippen LogP contribution is 2.44. The number of likely N-dealkylation sites (tertiary alicyclic amines) is 2. The SMILES string of the molecule is COc1ccc(CN2CC3(CCC2=O)CCN(C(=O)C2(C#N)CCCC2)CC3)cc1. The number of nitrogens with zero attached hydrogens (tertiary/aromatic N) is 3. The number of nitriles is 1. The minimum Gasteiger partial charge on any atom is -0.497 e. The lowest BCUT2D eigenvalue weighted by Gasteiger charge is -2.48. The lowest BCUT2D eigenvalue weighted by atomic mass is 9.71. The molecule has 1 aromatic rings. The van der Waals surface area contributed by atoms with Crippen LogP contribution in [0.1, 0.15) is 56.9 Å². The maximum atomic E-state index is 13.1. The molecule has 1 aliphatic carbocycles. The quantitative estimate of drug-likeness (QED) is 0.763. The van der Waals surface area contributed by atoms with Gasteiger partial charge in [-0.15, -0.1) is 0 Å². The number of hydrogen-bond donors (Lipinski definition) is 0. The molecule has 3 aliphatic rings. The molecule has 6 heteroatoms. The van der Waals surface area contributed by atoms with Gasteiger partial charge in [0.05, 0.1) is 13.2 Å². The van der Waals surface area contributed by atoms with E-state index in [1.807, 2.05) is 34.1 Å². The Kier molecular flexibility index (Phi) is 5.73. The van der Waals surface area contributed by atoms with E-state index >= 15 is 0 Å². The Bertz CT molecular complexity index is 828. The Balaban J connectivity index is 1.39. The Hall–Kier alpha value is -2.55. The lowest BCUT2D eigenvalue weighted by molar-refractivity contribution is -0.146. The van der Waals surface area contributed by atoms with Crippen molar-refractivity contribution in [1.82, 2.24) is 9.80 Å². The van der Waals surface area contributed by atoms with Crippen molar-refractivity contribution in [1.29, 1.82) is 5.26 Å². The van der Waals surface area contributed by atoms with Gasteiger partial charge >= 0.3 is 0 Å². The lowest BCUT2D eigenvalue weighted by Crippen LogP contribution is -2.53. The minimum atomic E-state index is -0.784. The van der Waals surface area contributed by atoms with E-state index in [1.165, 1.54) is 0 Å². The summed E-state index contributed by atoms with van der Waals surface area (Å²) in [5, 5.41) is 9.65. The molecular weight excluding hydrogens is 378 g/mol. The van der Waals surface area contributed by atoms with Crippen molar-refractivity contribution in [3.63, 3.8) is 0 Å². The van der Waals surface area contributed by atoms with Crippen LogP contribution in [0.2, 0.25) is 0 Å². The zero-order valence-electron chi connectivity index (χ0n) is 17.9. The van der Waals surface area contributed by atoms with Crippen molar-refractivity contribution in [2.75, 3.05) is 26.7 Å². The van der Waals surface area contributed by atoms with Crippen LogP contribution in [-0.4, -0.2) is 48.4 Å². The van der Waals surface area contributed by atoms with Crippen LogP contribution in [0, 0.1) is 22.2 Å². The fraction of sp³-hybridized carbons (Fsp3) is 0.625. The Morgan fingerprint density at radius 3 is 2.37 bits per heavy atom. The molecule has 1 spiro atoms. The maximum absolute atomic E-state index is 13.1. The normalized spacial score (nSPS) is 22.7. The second-order valence-electron chi connectivity index (χ2n) is 9.29. The van der Waals surface area contributed by atoms with Crippen LogP contribution in [0.5, 0.6) is 5.75 Å². The van der Waals surface area contributed by atoms with Crippen LogP contribution < -0.4 is 4.74 Å². The maximum Gasteiger partial charge on any atom is 0.243 e. The molecule has 4 rings (SSSR count). The van der Waals surface area contributed by atoms with Crippen LogP contribution in [0.25, 0.3) is 0 Å². The second-order valence-corrected chi connectivity index (χ2v) is 9.29. The minimum absolute atomic E-state index is 0.0410. The van der Waals surface area contributed by atoms with Gasteiger partial charge in [0, 0.05) is 32.6 Å². The Labute approximate surface area is 178 Å². The van der Waals surface area contributed by atoms with Gasteiger partial charge < -0.3 is 14.5 Å². The standard InChI is InChI=1S/C24H31N3O3/c1-30-20-6-4-19(5-7-20)16-27-18-23(11-8-21(27)28)12-14-26(15-13-23)22(29)24(17-25)9-2-3-10-24/h4-7H,2-3,8-16,18H2,1H3. The number of piperidine rings is 2. The van der Waals surface area contributed by atoms with Crippen molar-refractivity contribution >= 4 is 11.8 Å². The molecular formula is C24H31N3O3. The first-order chi connectivity index (χ1) is 14.5. The van der Waals surface area contributed by atoms with Gasteiger partial charge in [-0.3, -0.25) is 9.59 Å². The van der Waals surface area contributed by atoms with E-state index in [-0.39, 0.29) is 17.2 Å². The van der Waals surface area contributed by atoms with Gasteiger partial charge in [-0.2, -0.15) is 5.26 Å².